The highest BCUT2D eigenvalue weighted by atomic mass is 32.2. The normalized spacial score (nSPS) is 8.50. The van der Waals surface area contributed by atoms with E-state index >= 15 is 0 Å². The lowest BCUT2D eigenvalue weighted by Gasteiger charge is -1.95. The van der Waals surface area contributed by atoms with Crippen LogP contribution in [-0.2, 0) is 0 Å². The second-order valence-corrected chi connectivity index (χ2v) is 2.88. The molecular formula is C7H12S. The molecule has 0 aromatic rings. The Kier molecular flexibility index (Phi) is 5.00. The van der Waals surface area contributed by atoms with E-state index in [2.05, 4.69) is 25.0 Å². The first kappa shape index (κ1) is 7.91. The van der Waals surface area contributed by atoms with Crippen LogP contribution in [-0.4, -0.2) is 5.75 Å². The molecule has 0 N–H and O–H groups in total. The summed E-state index contributed by atoms with van der Waals surface area (Å²) >= 11 is 1.70. The van der Waals surface area contributed by atoms with Gasteiger partial charge in [0.2, 0.25) is 0 Å². The number of hydrogen-bond donors (Lipinski definition) is 0. The van der Waals surface area contributed by atoms with Crippen molar-refractivity contribution < 1.29 is 0 Å². The standard InChI is InChI=1S/C7H12S/c1-4-5-8-6-7(2)3/h7H,6H2,1-3H3. The van der Waals surface area contributed by atoms with Crippen LogP contribution in [0.2, 0.25) is 0 Å². The molecule has 0 saturated heterocycles. The van der Waals surface area contributed by atoms with Gasteiger partial charge in [-0.2, -0.15) is 0 Å². The first-order chi connectivity index (χ1) is 3.77. The Morgan fingerprint density at radius 1 is 1.50 bits per heavy atom. The van der Waals surface area contributed by atoms with Gasteiger partial charge >= 0.3 is 0 Å². The molecule has 0 spiro atoms. The van der Waals surface area contributed by atoms with Gasteiger partial charge < -0.3 is 0 Å². The predicted octanol–water partition coefficient (Wildman–Crippen LogP) is 2.36. The van der Waals surface area contributed by atoms with Crippen LogP contribution in [0.4, 0.5) is 0 Å². The fraction of sp³-hybridized carbons (Fsp3) is 0.714. The van der Waals surface area contributed by atoms with Crippen LogP contribution in [0.3, 0.4) is 0 Å². The lowest BCUT2D eigenvalue weighted by atomic mass is 10.3. The van der Waals surface area contributed by atoms with Crippen LogP contribution in [0.5, 0.6) is 0 Å². The van der Waals surface area contributed by atoms with E-state index in [4.69, 9.17) is 0 Å². The summed E-state index contributed by atoms with van der Waals surface area (Å²) in [5.74, 6) is 4.75. The predicted molar refractivity (Wildman–Crippen MR) is 40.7 cm³/mol. The Labute approximate surface area is 56.1 Å². The van der Waals surface area contributed by atoms with Crippen LogP contribution < -0.4 is 0 Å². The number of hydrogen-bond acceptors (Lipinski definition) is 1. The molecule has 0 amide bonds. The summed E-state index contributed by atoms with van der Waals surface area (Å²) in [7, 11) is 0. The first-order valence-electron chi connectivity index (χ1n) is 2.81. The fourth-order valence-electron chi connectivity index (χ4n) is 0.281. The Morgan fingerprint density at radius 2 is 2.12 bits per heavy atom. The van der Waals surface area contributed by atoms with Crippen LogP contribution in [0.1, 0.15) is 20.8 Å². The molecule has 8 heavy (non-hydrogen) atoms. The van der Waals surface area contributed by atoms with Crippen molar-refractivity contribution in [3.63, 3.8) is 0 Å². The zero-order chi connectivity index (χ0) is 6.41. The maximum Gasteiger partial charge on any atom is 0.00798 e. The van der Waals surface area contributed by atoms with Crippen molar-refractivity contribution in [2.24, 2.45) is 5.92 Å². The number of rotatable bonds is 2. The van der Waals surface area contributed by atoms with Gasteiger partial charge in [0.25, 0.3) is 0 Å². The van der Waals surface area contributed by atoms with Crippen molar-refractivity contribution in [3.05, 3.63) is 0 Å². The largest absolute Gasteiger partial charge is 0.0947 e. The minimum absolute atomic E-state index is 0.765. The molecule has 0 rings (SSSR count). The molecule has 0 atom stereocenters. The zero-order valence-electron chi connectivity index (χ0n) is 5.69. The summed E-state index contributed by atoms with van der Waals surface area (Å²) in [6.07, 6.45) is 0. The highest BCUT2D eigenvalue weighted by Crippen LogP contribution is 2.03. The van der Waals surface area contributed by atoms with Crippen LogP contribution in [0.15, 0.2) is 0 Å². The Hall–Kier alpha value is -0.0900. The molecular weight excluding hydrogens is 116 g/mol. The summed E-state index contributed by atoms with van der Waals surface area (Å²) in [6.45, 7) is 6.27. The van der Waals surface area contributed by atoms with E-state index in [0.29, 0.717) is 0 Å². The van der Waals surface area contributed by atoms with Gasteiger partial charge in [-0.15, -0.1) is 0 Å². The Bertz CT molecular complexity index is 94.7. The molecule has 0 aromatic heterocycles. The molecule has 0 aliphatic carbocycles. The van der Waals surface area contributed by atoms with Crippen molar-refractivity contribution in [1.82, 2.24) is 0 Å². The van der Waals surface area contributed by atoms with E-state index in [1.54, 1.807) is 11.8 Å². The molecule has 0 radical (unpaired) electrons. The van der Waals surface area contributed by atoms with E-state index in [-0.39, 0.29) is 0 Å². The smallest absolute Gasteiger partial charge is 0.00798 e. The van der Waals surface area contributed by atoms with Crippen molar-refractivity contribution in [2.75, 3.05) is 5.75 Å². The van der Waals surface area contributed by atoms with Gasteiger partial charge in [0.05, 0.1) is 0 Å². The SMILES string of the molecule is CC#CSCC(C)C. The maximum atomic E-state index is 2.95. The van der Waals surface area contributed by atoms with Gasteiger partial charge in [-0.05, 0) is 18.1 Å². The molecule has 0 aromatic carbocycles. The van der Waals surface area contributed by atoms with Crippen molar-refractivity contribution in [2.45, 2.75) is 20.8 Å². The van der Waals surface area contributed by atoms with Gasteiger partial charge in [-0.25, -0.2) is 0 Å². The summed E-state index contributed by atoms with van der Waals surface area (Å²) < 4.78 is 0. The van der Waals surface area contributed by atoms with Crippen molar-refractivity contribution >= 4 is 11.8 Å². The van der Waals surface area contributed by atoms with Gasteiger partial charge in [0.15, 0.2) is 0 Å². The fourth-order valence-corrected chi connectivity index (χ4v) is 0.842. The highest BCUT2D eigenvalue weighted by molar-refractivity contribution is 8.03. The summed E-state index contributed by atoms with van der Waals surface area (Å²) in [4.78, 5) is 0. The monoisotopic (exact) mass is 128 g/mol. The minimum atomic E-state index is 0.765. The van der Waals surface area contributed by atoms with Crippen LogP contribution >= 0.6 is 11.8 Å². The molecule has 0 bridgehead atoms. The molecule has 0 aliphatic heterocycles. The maximum absolute atomic E-state index is 2.95. The average molecular weight is 128 g/mol. The summed E-state index contributed by atoms with van der Waals surface area (Å²) in [5.41, 5.74) is 0. The lowest BCUT2D eigenvalue weighted by Crippen LogP contribution is -1.87. The highest BCUT2D eigenvalue weighted by Gasteiger charge is 1.88. The topological polar surface area (TPSA) is 0 Å². The molecule has 0 heterocycles. The molecule has 0 saturated carbocycles. The molecule has 46 valence electrons. The number of thioether (sulfide) groups is 1. The van der Waals surface area contributed by atoms with Gasteiger partial charge in [-0.1, -0.05) is 31.5 Å². The van der Waals surface area contributed by atoms with Crippen molar-refractivity contribution in [3.8, 4) is 11.2 Å². The van der Waals surface area contributed by atoms with E-state index in [0.717, 1.165) is 11.7 Å². The van der Waals surface area contributed by atoms with Crippen LogP contribution in [0, 0.1) is 17.1 Å². The lowest BCUT2D eigenvalue weighted by molar-refractivity contribution is 0.752. The van der Waals surface area contributed by atoms with E-state index in [9.17, 15) is 0 Å². The van der Waals surface area contributed by atoms with Gasteiger partial charge in [0.1, 0.15) is 0 Å². The third-order valence-corrected chi connectivity index (χ3v) is 1.77. The molecule has 0 unspecified atom stereocenters. The molecule has 1 heteroatoms. The zero-order valence-corrected chi connectivity index (χ0v) is 6.51. The average Bonchev–Trinajstić information content (AvgIpc) is 1.66. The van der Waals surface area contributed by atoms with E-state index in [1.165, 1.54) is 0 Å². The Morgan fingerprint density at radius 3 is 2.50 bits per heavy atom. The summed E-state index contributed by atoms with van der Waals surface area (Å²) in [6, 6.07) is 0. The molecule has 0 aliphatic rings. The first-order valence-corrected chi connectivity index (χ1v) is 3.79. The van der Waals surface area contributed by atoms with Gasteiger partial charge in [-0.3, -0.25) is 0 Å². The van der Waals surface area contributed by atoms with Gasteiger partial charge in [0, 0.05) is 5.75 Å². The molecule has 0 fully saturated rings. The third kappa shape index (κ3) is 5.91. The van der Waals surface area contributed by atoms with Crippen LogP contribution in [0.25, 0.3) is 0 Å². The molecule has 0 nitrogen and oxygen atoms in total. The quantitative estimate of drug-likeness (QED) is 0.514. The van der Waals surface area contributed by atoms with E-state index in [1.807, 2.05) is 6.92 Å². The Balaban J connectivity index is 3.01. The summed E-state index contributed by atoms with van der Waals surface area (Å²) in [5, 5.41) is 2.95. The second-order valence-electron chi connectivity index (χ2n) is 2.06. The third-order valence-electron chi connectivity index (χ3n) is 0.591. The second kappa shape index (κ2) is 5.05. The van der Waals surface area contributed by atoms with E-state index < -0.39 is 0 Å². The minimum Gasteiger partial charge on any atom is -0.0947 e. The van der Waals surface area contributed by atoms with Crippen molar-refractivity contribution in [1.29, 1.82) is 0 Å².